The van der Waals surface area contributed by atoms with Crippen LogP contribution in [0.4, 0.5) is 0 Å². The van der Waals surface area contributed by atoms with Crippen molar-refractivity contribution in [1.82, 2.24) is 0 Å². The van der Waals surface area contributed by atoms with Gasteiger partial charge < -0.3 is 16.0 Å². The summed E-state index contributed by atoms with van der Waals surface area (Å²) >= 11 is 0. The van der Waals surface area contributed by atoms with E-state index in [0.29, 0.717) is 0 Å². The van der Waals surface area contributed by atoms with Crippen molar-refractivity contribution in [2.45, 2.75) is 6.92 Å². The molecule has 0 saturated heterocycles. The van der Waals surface area contributed by atoms with Crippen LogP contribution < -0.4 is 0 Å². The van der Waals surface area contributed by atoms with E-state index in [2.05, 4.69) is 16.0 Å². The van der Waals surface area contributed by atoms with Crippen molar-refractivity contribution in [3.05, 3.63) is 46.3 Å². The normalized spacial score (nSPS) is 6.62. The molecule has 0 heterocycles. The van der Waals surface area contributed by atoms with Gasteiger partial charge in [0.25, 0.3) is 0 Å². The van der Waals surface area contributed by atoms with Crippen LogP contribution >= 0.6 is 0 Å². The summed E-state index contributed by atoms with van der Waals surface area (Å²) in [4.78, 5) is 0. The Labute approximate surface area is 117 Å². The van der Waals surface area contributed by atoms with Crippen LogP contribution in [0.5, 0.6) is 0 Å². The van der Waals surface area contributed by atoms with Gasteiger partial charge in [-0.05, 0) is 0 Å². The number of hydrogen-bond donors (Lipinski definition) is 0. The quantitative estimate of drug-likeness (QED) is 0.545. The van der Waals surface area contributed by atoms with Gasteiger partial charge >= 0.3 is 21.7 Å². The van der Waals surface area contributed by atoms with Gasteiger partial charge in [0, 0.05) is 0 Å². The Balaban J connectivity index is -0.0000000607. The minimum absolute atomic E-state index is 0. The van der Waals surface area contributed by atoms with E-state index >= 15 is 0 Å². The fraction of sp³-hybridized carbons (Fsp3) is 0.583. The molecule has 92 valence electrons. The van der Waals surface area contributed by atoms with Crippen LogP contribution in [0.25, 0.3) is 16.0 Å². The molecule has 0 saturated carbocycles. The Kier molecular flexibility index (Phi) is 56.7. The zero-order valence-corrected chi connectivity index (χ0v) is 13.0. The number of rotatable bonds is 1. The maximum atomic E-state index is 3.74. The van der Waals surface area contributed by atoms with Crippen molar-refractivity contribution in [3.63, 3.8) is 0 Å². The topological polar surface area (TPSA) is 42.3 Å². The predicted molar refractivity (Wildman–Crippen MR) is 72.3 cm³/mol. The fourth-order valence-corrected chi connectivity index (χ4v) is 0.321. The Hall–Kier alpha value is -0.0557. The summed E-state index contributed by atoms with van der Waals surface area (Å²) < 4.78 is 0. The first kappa shape index (κ1) is 25.0. The molecular formula is C12H25N3Ti. The van der Waals surface area contributed by atoms with Gasteiger partial charge in [0.1, 0.15) is 0 Å². The molecule has 1 aromatic carbocycles. The zero-order chi connectivity index (χ0) is 12.4. The summed E-state index contributed by atoms with van der Waals surface area (Å²) in [5, 5.41) is 10.7. The second-order valence-corrected chi connectivity index (χ2v) is 2.49. The summed E-state index contributed by atoms with van der Waals surface area (Å²) in [6.45, 7) is 2.96. The molecule has 16 heavy (non-hydrogen) atoms. The van der Waals surface area contributed by atoms with Gasteiger partial charge in [-0.3, -0.25) is 0 Å². The molecule has 0 radical (unpaired) electrons. The molecule has 0 unspecified atom stereocenters. The van der Waals surface area contributed by atoms with E-state index in [1.165, 1.54) is 0 Å². The molecule has 0 atom stereocenters. The van der Waals surface area contributed by atoms with E-state index in [1.807, 2.05) is 37.3 Å². The molecule has 4 heteroatoms. The van der Waals surface area contributed by atoms with Crippen molar-refractivity contribution in [3.8, 4) is 0 Å². The summed E-state index contributed by atoms with van der Waals surface area (Å²) in [7, 11) is 8.81. The molecule has 0 spiro atoms. The smallest absolute Gasteiger partial charge is 0.668 e. The van der Waals surface area contributed by atoms with Crippen molar-refractivity contribution >= 4 is 0 Å². The zero-order valence-electron chi connectivity index (χ0n) is 11.4. The van der Waals surface area contributed by atoms with Crippen LogP contribution in [0.3, 0.4) is 0 Å². The standard InChI is InChI=1S/C5H5.C3H8N.2C2H6N.Ti/c1-2-4-5-3-1;1-3-4-2;2*1-3-2;/h1-5H;3H2,1-2H3;2*1-2H3;/q4*-1;+4. The van der Waals surface area contributed by atoms with Crippen LogP contribution in [0.2, 0.25) is 0 Å². The van der Waals surface area contributed by atoms with Crippen LogP contribution in [0.1, 0.15) is 6.92 Å². The second-order valence-electron chi connectivity index (χ2n) is 2.49. The number of hydrogen-bond acceptors (Lipinski definition) is 0. The Morgan fingerprint density at radius 2 is 1.12 bits per heavy atom. The van der Waals surface area contributed by atoms with E-state index in [-0.39, 0.29) is 21.7 Å². The molecule has 1 rings (SSSR count). The first-order chi connectivity index (χ1) is 7.24. The van der Waals surface area contributed by atoms with E-state index < -0.39 is 0 Å². The van der Waals surface area contributed by atoms with E-state index in [0.717, 1.165) is 6.54 Å². The SMILES string of the molecule is CC[N-]C.C[N-]C.C[N-]C.[Ti+4].c1cc[cH-]c1. The third-order valence-electron chi connectivity index (χ3n) is 0.872. The largest absolute Gasteiger partial charge is 4.00 e. The average Bonchev–Trinajstić information content (AvgIpc) is 2.78. The third kappa shape index (κ3) is 66.1. The van der Waals surface area contributed by atoms with Crippen molar-refractivity contribution < 1.29 is 21.7 Å². The van der Waals surface area contributed by atoms with Crippen LogP contribution in [-0.2, 0) is 21.7 Å². The van der Waals surface area contributed by atoms with Gasteiger partial charge in [-0.25, -0.2) is 12.1 Å². The van der Waals surface area contributed by atoms with E-state index in [9.17, 15) is 0 Å². The van der Waals surface area contributed by atoms with Gasteiger partial charge in [-0.15, -0.1) is 0 Å². The molecule has 3 nitrogen and oxygen atoms in total. The third-order valence-corrected chi connectivity index (χ3v) is 0.872. The van der Waals surface area contributed by atoms with E-state index in [1.54, 1.807) is 35.2 Å². The molecule has 0 aromatic heterocycles. The first-order valence-corrected chi connectivity index (χ1v) is 4.93. The molecule has 1 aromatic rings. The van der Waals surface area contributed by atoms with Gasteiger partial charge in [-0.1, -0.05) is 6.92 Å². The Bertz CT molecular complexity index is 112. The molecule has 0 bridgehead atoms. The van der Waals surface area contributed by atoms with Gasteiger partial charge in [-0.2, -0.15) is 60.0 Å². The summed E-state index contributed by atoms with van der Waals surface area (Å²) in [5.41, 5.74) is 0. The fourth-order valence-electron chi connectivity index (χ4n) is 0.321. The monoisotopic (exact) mass is 259 g/mol. The van der Waals surface area contributed by atoms with Crippen LogP contribution in [0.15, 0.2) is 30.3 Å². The van der Waals surface area contributed by atoms with Crippen LogP contribution in [0, 0.1) is 0 Å². The molecule has 0 aliphatic carbocycles. The van der Waals surface area contributed by atoms with Crippen molar-refractivity contribution in [1.29, 1.82) is 0 Å². The van der Waals surface area contributed by atoms with Crippen molar-refractivity contribution in [2.24, 2.45) is 0 Å². The Morgan fingerprint density at radius 1 is 0.875 bits per heavy atom. The predicted octanol–water partition coefficient (Wildman–Crippen LogP) is 3.65. The van der Waals surface area contributed by atoms with Crippen LogP contribution in [-0.4, -0.2) is 41.8 Å². The summed E-state index contributed by atoms with van der Waals surface area (Å²) in [6.07, 6.45) is 0. The van der Waals surface area contributed by atoms with Gasteiger partial charge in [0.15, 0.2) is 0 Å². The molecule has 0 fully saturated rings. The maximum Gasteiger partial charge on any atom is 4.00 e. The molecule has 0 amide bonds. The minimum Gasteiger partial charge on any atom is -0.668 e. The summed E-state index contributed by atoms with van der Waals surface area (Å²) in [5.74, 6) is 0. The second kappa shape index (κ2) is 36.3. The number of nitrogens with zero attached hydrogens (tertiary/aromatic N) is 3. The van der Waals surface area contributed by atoms with Gasteiger partial charge in [0.05, 0.1) is 0 Å². The molecule has 0 aliphatic rings. The van der Waals surface area contributed by atoms with Gasteiger partial charge in [0.2, 0.25) is 0 Å². The molecule has 0 aliphatic heterocycles. The molecule has 0 N–H and O–H groups in total. The molecular weight excluding hydrogens is 234 g/mol. The minimum atomic E-state index is 0. The first-order valence-electron chi connectivity index (χ1n) is 4.93. The average molecular weight is 259 g/mol. The van der Waals surface area contributed by atoms with E-state index in [4.69, 9.17) is 0 Å². The maximum absolute atomic E-state index is 3.74. The Morgan fingerprint density at radius 3 is 1.19 bits per heavy atom. The summed E-state index contributed by atoms with van der Waals surface area (Å²) in [6, 6.07) is 10.0. The van der Waals surface area contributed by atoms with Crippen molar-refractivity contribution in [2.75, 3.05) is 41.8 Å².